The molecule has 0 bridgehead atoms. The van der Waals surface area contributed by atoms with Crippen molar-refractivity contribution >= 4 is 23.3 Å². The molecule has 0 unspecified atom stereocenters. The summed E-state index contributed by atoms with van der Waals surface area (Å²) in [5, 5.41) is 5.62. The van der Waals surface area contributed by atoms with Gasteiger partial charge >= 0.3 is 6.03 Å². The van der Waals surface area contributed by atoms with Crippen molar-refractivity contribution in [3.05, 3.63) is 18.2 Å². The molecule has 1 aromatic rings. The van der Waals surface area contributed by atoms with Gasteiger partial charge in [-0.25, -0.2) is 4.79 Å². The van der Waals surface area contributed by atoms with Crippen LogP contribution >= 0.6 is 0 Å². The van der Waals surface area contributed by atoms with Crippen molar-refractivity contribution in [1.82, 2.24) is 9.80 Å². The Morgan fingerprint density at radius 2 is 1.96 bits per heavy atom. The maximum absolute atomic E-state index is 12.6. The van der Waals surface area contributed by atoms with Crippen molar-refractivity contribution in [1.29, 1.82) is 0 Å². The van der Waals surface area contributed by atoms with Gasteiger partial charge in [-0.1, -0.05) is 6.42 Å². The number of carbonyl (C=O) groups is 2. The Balaban J connectivity index is 1.59. The molecule has 3 amide bonds. The van der Waals surface area contributed by atoms with Gasteiger partial charge in [0.2, 0.25) is 5.91 Å². The van der Waals surface area contributed by atoms with Crippen molar-refractivity contribution < 1.29 is 14.3 Å². The van der Waals surface area contributed by atoms with Crippen molar-refractivity contribution in [2.24, 2.45) is 0 Å². The number of ether oxygens (including phenoxy) is 1. The average Bonchev–Trinajstić information content (AvgIpc) is 2.55. The molecule has 0 aromatic heterocycles. The highest BCUT2D eigenvalue weighted by Gasteiger charge is 2.37. The fourth-order valence-corrected chi connectivity index (χ4v) is 3.77. The number of nitrogens with zero attached hydrogens (tertiary/aromatic N) is 2. The SMILES string of the molecule is COc1ccc(NC(C)=O)cc1NC(=O)N1CC(N2CCCC[C@@H]2C)C1. The van der Waals surface area contributed by atoms with Crippen LogP contribution in [0.15, 0.2) is 18.2 Å². The lowest BCUT2D eigenvalue weighted by atomic mass is 9.98. The molecule has 142 valence electrons. The van der Waals surface area contributed by atoms with Crippen LogP contribution < -0.4 is 15.4 Å². The van der Waals surface area contributed by atoms with E-state index in [9.17, 15) is 9.59 Å². The largest absolute Gasteiger partial charge is 0.495 e. The molecular formula is C19H28N4O3. The van der Waals surface area contributed by atoms with E-state index >= 15 is 0 Å². The molecule has 0 radical (unpaired) electrons. The summed E-state index contributed by atoms with van der Waals surface area (Å²) in [6.07, 6.45) is 3.80. The average molecular weight is 360 g/mol. The lowest BCUT2D eigenvalue weighted by molar-refractivity contribution is -0.114. The molecule has 2 N–H and O–H groups in total. The van der Waals surface area contributed by atoms with E-state index in [1.807, 2.05) is 4.90 Å². The van der Waals surface area contributed by atoms with Gasteiger partial charge in [-0.2, -0.15) is 0 Å². The Bertz CT molecular complexity index is 673. The second-order valence-electron chi connectivity index (χ2n) is 7.17. The van der Waals surface area contributed by atoms with Crippen molar-refractivity contribution in [2.45, 2.75) is 45.2 Å². The third-order valence-electron chi connectivity index (χ3n) is 5.23. The van der Waals surface area contributed by atoms with Crippen molar-refractivity contribution in [3.63, 3.8) is 0 Å². The predicted molar refractivity (Wildman–Crippen MR) is 102 cm³/mol. The van der Waals surface area contributed by atoms with Gasteiger partial charge in [0.05, 0.1) is 12.8 Å². The molecule has 2 saturated heterocycles. The highest BCUT2D eigenvalue weighted by molar-refractivity contribution is 5.94. The molecule has 2 heterocycles. The predicted octanol–water partition coefficient (Wildman–Crippen LogP) is 2.74. The van der Waals surface area contributed by atoms with Crippen LogP contribution in [0.25, 0.3) is 0 Å². The van der Waals surface area contributed by atoms with E-state index < -0.39 is 0 Å². The molecular weight excluding hydrogens is 332 g/mol. The van der Waals surface area contributed by atoms with Gasteiger partial charge in [-0.3, -0.25) is 9.69 Å². The van der Waals surface area contributed by atoms with Crippen molar-refractivity contribution in [2.75, 3.05) is 37.4 Å². The minimum atomic E-state index is -0.159. The molecule has 7 heteroatoms. The van der Waals surface area contributed by atoms with E-state index in [1.165, 1.54) is 26.2 Å². The van der Waals surface area contributed by atoms with E-state index in [0.29, 0.717) is 29.2 Å². The number of methoxy groups -OCH3 is 1. The summed E-state index contributed by atoms with van der Waals surface area (Å²) in [6, 6.07) is 6.12. The smallest absolute Gasteiger partial charge is 0.322 e. The molecule has 2 fully saturated rings. The Morgan fingerprint density at radius 1 is 1.19 bits per heavy atom. The molecule has 1 atom stereocenters. The highest BCUT2D eigenvalue weighted by Crippen LogP contribution is 2.29. The Labute approximate surface area is 154 Å². The second-order valence-corrected chi connectivity index (χ2v) is 7.17. The van der Waals surface area contributed by atoms with Gasteiger partial charge < -0.3 is 20.3 Å². The van der Waals surface area contributed by atoms with E-state index in [2.05, 4.69) is 22.5 Å². The Hall–Kier alpha value is -2.28. The number of piperidine rings is 1. The van der Waals surface area contributed by atoms with Gasteiger partial charge in [0.15, 0.2) is 0 Å². The lowest BCUT2D eigenvalue weighted by Crippen LogP contribution is -2.64. The first-order valence-electron chi connectivity index (χ1n) is 9.25. The third-order valence-corrected chi connectivity index (χ3v) is 5.23. The van der Waals surface area contributed by atoms with Gasteiger partial charge in [0, 0.05) is 37.8 Å². The number of benzene rings is 1. The molecule has 0 spiro atoms. The van der Waals surface area contributed by atoms with E-state index in [0.717, 1.165) is 19.6 Å². The normalized spacial score (nSPS) is 21.0. The topological polar surface area (TPSA) is 73.9 Å². The third kappa shape index (κ3) is 4.09. The number of nitrogens with one attached hydrogen (secondary N) is 2. The fraction of sp³-hybridized carbons (Fsp3) is 0.579. The van der Waals surface area contributed by atoms with Crippen LogP contribution in [-0.2, 0) is 4.79 Å². The first-order chi connectivity index (χ1) is 12.5. The number of rotatable bonds is 4. The van der Waals surface area contributed by atoms with Gasteiger partial charge in [0.25, 0.3) is 0 Å². The molecule has 7 nitrogen and oxygen atoms in total. The number of hydrogen-bond donors (Lipinski definition) is 2. The summed E-state index contributed by atoms with van der Waals surface area (Å²) in [5.41, 5.74) is 1.18. The maximum atomic E-state index is 12.6. The van der Waals surface area contributed by atoms with E-state index in [-0.39, 0.29) is 11.9 Å². The van der Waals surface area contributed by atoms with Crippen LogP contribution in [0.2, 0.25) is 0 Å². The summed E-state index contributed by atoms with van der Waals surface area (Å²) in [5.74, 6) is 0.405. The summed E-state index contributed by atoms with van der Waals surface area (Å²) >= 11 is 0. The van der Waals surface area contributed by atoms with Gasteiger partial charge in [-0.05, 0) is 44.5 Å². The number of urea groups is 1. The van der Waals surface area contributed by atoms with Crippen molar-refractivity contribution in [3.8, 4) is 5.75 Å². The van der Waals surface area contributed by atoms with Crippen LogP contribution in [-0.4, -0.2) is 60.6 Å². The lowest BCUT2D eigenvalue weighted by Gasteiger charge is -2.49. The first-order valence-corrected chi connectivity index (χ1v) is 9.25. The molecule has 0 aliphatic carbocycles. The van der Waals surface area contributed by atoms with E-state index in [4.69, 9.17) is 4.74 Å². The molecule has 0 saturated carbocycles. The highest BCUT2D eigenvalue weighted by atomic mass is 16.5. The van der Waals surface area contributed by atoms with Gasteiger partial charge in [-0.15, -0.1) is 0 Å². The first kappa shape index (κ1) is 18.5. The number of anilines is 2. The second kappa shape index (κ2) is 7.95. The van der Waals surface area contributed by atoms with Crippen LogP contribution in [0, 0.1) is 0 Å². The molecule has 26 heavy (non-hydrogen) atoms. The minimum Gasteiger partial charge on any atom is -0.495 e. The van der Waals surface area contributed by atoms with Crippen LogP contribution in [0.3, 0.4) is 0 Å². The van der Waals surface area contributed by atoms with Crippen LogP contribution in [0.1, 0.15) is 33.1 Å². The fourth-order valence-electron chi connectivity index (χ4n) is 3.77. The zero-order valence-electron chi connectivity index (χ0n) is 15.7. The van der Waals surface area contributed by atoms with E-state index in [1.54, 1.807) is 25.3 Å². The quantitative estimate of drug-likeness (QED) is 0.866. The molecule has 1 aromatic carbocycles. The number of amides is 3. The minimum absolute atomic E-state index is 0.135. The number of carbonyl (C=O) groups excluding carboxylic acids is 2. The maximum Gasteiger partial charge on any atom is 0.322 e. The summed E-state index contributed by atoms with van der Waals surface area (Å²) in [6.45, 7) is 6.37. The monoisotopic (exact) mass is 360 g/mol. The molecule has 2 aliphatic heterocycles. The zero-order chi connectivity index (χ0) is 18.7. The summed E-state index contributed by atoms with van der Waals surface area (Å²) in [4.78, 5) is 28.1. The number of hydrogen-bond acceptors (Lipinski definition) is 4. The number of likely N-dealkylation sites (tertiary alicyclic amines) is 2. The molecule has 2 aliphatic rings. The van der Waals surface area contributed by atoms with Crippen LogP contribution in [0.4, 0.5) is 16.2 Å². The standard InChI is InChI=1S/C19H28N4O3/c1-13-6-4-5-9-23(13)16-11-22(12-16)19(25)21-17-10-15(20-14(2)24)7-8-18(17)26-3/h7-8,10,13,16H,4-6,9,11-12H2,1-3H3,(H,20,24)(H,21,25)/t13-/m0/s1. The Kier molecular flexibility index (Phi) is 5.66. The Morgan fingerprint density at radius 3 is 2.62 bits per heavy atom. The zero-order valence-corrected chi connectivity index (χ0v) is 15.7. The van der Waals surface area contributed by atoms with Crippen LogP contribution in [0.5, 0.6) is 5.75 Å². The summed E-state index contributed by atoms with van der Waals surface area (Å²) < 4.78 is 5.31. The molecule has 3 rings (SSSR count). The summed E-state index contributed by atoms with van der Waals surface area (Å²) in [7, 11) is 1.56. The van der Waals surface area contributed by atoms with Gasteiger partial charge in [0.1, 0.15) is 5.75 Å².